The zero-order chi connectivity index (χ0) is 26.5. The number of nitrogens with zero attached hydrogens (tertiary/aromatic N) is 2. The van der Waals surface area contributed by atoms with E-state index in [1.54, 1.807) is 46.5 Å². The fourth-order valence-corrected chi connectivity index (χ4v) is 4.79. The summed E-state index contributed by atoms with van der Waals surface area (Å²) < 4.78 is 16.2. The van der Waals surface area contributed by atoms with E-state index in [1.165, 1.54) is 0 Å². The van der Waals surface area contributed by atoms with Gasteiger partial charge in [-0.1, -0.05) is 42.5 Å². The molecule has 2 aliphatic rings. The highest BCUT2D eigenvalue weighted by molar-refractivity contribution is 7.79. The first-order valence-electron chi connectivity index (χ1n) is 12.2. The zero-order valence-corrected chi connectivity index (χ0v) is 21.6. The Morgan fingerprint density at radius 3 is 2.26 bits per heavy atom. The van der Waals surface area contributed by atoms with Crippen LogP contribution in [0, 0.1) is 0 Å². The monoisotopic (exact) mass is 532 g/mol. The van der Waals surface area contributed by atoms with Crippen molar-refractivity contribution in [3.8, 4) is 5.75 Å². The van der Waals surface area contributed by atoms with Crippen LogP contribution in [0.1, 0.15) is 5.56 Å². The van der Waals surface area contributed by atoms with Gasteiger partial charge in [0.15, 0.2) is 11.8 Å². The van der Waals surface area contributed by atoms with Crippen LogP contribution in [-0.4, -0.2) is 56.1 Å². The summed E-state index contributed by atoms with van der Waals surface area (Å²) in [6, 6.07) is 24.5. The van der Waals surface area contributed by atoms with Crippen molar-refractivity contribution in [2.24, 2.45) is 0 Å². The summed E-state index contributed by atoms with van der Waals surface area (Å²) in [5, 5.41) is 8.53. The number of methoxy groups -OCH3 is 1. The third-order valence-corrected chi connectivity index (χ3v) is 6.98. The third kappa shape index (κ3) is 5.27. The lowest BCUT2D eigenvalue weighted by Gasteiger charge is -2.36. The number of carbonyl (C=O) groups excluding carboxylic acids is 2. The van der Waals surface area contributed by atoms with Gasteiger partial charge in [0.25, 0.3) is 0 Å². The highest BCUT2D eigenvalue weighted by Crippen LogP contribution is 2.30. The molecule has 10 heteroatoms. The van der Waals surface area contributed by atoms with Crippen molar-refractivity contribution in [1.29, 1.82) is 0 Å². The van der Waals surface area contributed by atoms with Crippen LogP contribution in [0.2, 0.25) is 0 Å². The van der Waals surface area contributed by atoms with Crippen molar-refractivity contribution in [2.75, 3.05) is 41.9 Å². The second-order valence-electron chi connectivity index (χ2n) is 8.94. The minimum atomic E-state index is -1.05. The number of ether oxygens (including phenoxy) is 3. The van der Waals surface area contributed by atoms with Crippen molar-refractivity contribution < 1.29 is 23.8 Å². The molecule has 2 N–H and O–H groups in total. The molecule has 5 rings (SSSR count). The maximum absolute atomic E-state index is 13.1. The fourth-order valence-electron chi connectivity index (χ4n) is 4.49. The maximum Gasteiger partial charge on any atom is 0.414 e. The van der Waals surface area contributed by atoms with Gasteiger partial charge >= 0.3 is 12.2 Å². The standard InChI is InChI=1S/C28H28N4O5S/c1-35-24-13-7-21(8-14-24)30-28(19-38,29-17-20-5-3-2-4-6-20)25-18-32(27(34)37-25)23-11-9-22(10-12-23)31-15-16-36-26(31)33/h2-14,19,25,29-30H,15-18H2,1H3/t25-,28?/m0/s1. The van der Waals surface area contributed by atoms with Crippen LogP contribution in [-0.2, 0) is 16.0 Å². The molecule has 9 nitrogen and oxygen atoms in total. The summed E-state index contributed by atoms with van der Waals surface area (Å²) in [5.74, 6) is 0.727. The largest absolute Gasteiger partial charge is 0.497 e. The lowest BCUT2D eigenvalue weighted by molar-refractivity contribution is 0.109. The number of rotatable bonds is 10. The minimum absolute atomic E-state index is 0.252. The van der Waals surface area contributed by atoms with Crippen LogP contribution in [0.15, 0.2) is 78.9 Å². The number of hydrogen-bond donors (Lipinski definition) is 2. The van der Waals surface area contributed by atoms with Crippen LogP contribution in [0.4, 0.5) is 26.7 Å². The number of thiocarbonyl (C=S) groups is 1. The van der Waals surface area contributed by atoms with E-state index in [-0.39, 0.29) is 12.6 Å². The van der Waals surface area contributed by atoms with Crippen LogP contribution in [0.3, 0.4) is 0 Å². The first-order chi connectivity index (χ1) is 18.5. The van der Waals surface area contributed by atoms with Crippen LogP contribution in [0.5, 0.6) is 5.75 Å². The van der Waals surface area contributed by atoms with E-state index in [9.17, 15) is 9.59 Å². The van der Waals surface area contributed by atoms with E-state index in [0.717, 1.165) is 17.0 Å². The molecule has 0 aromatic heterocycles. The Morgan fingerprint density at radius 2 is 1.66 bits per heavy atom. The van der Waals surface area contributed by atoms with Gasteiger partial charge in [-0.3, -0.25) is 15.1 Å². The van der Waals surface area contributed by atoms with E-state index in [1.807, 2.05) is 54.6 Å². The van der Waals surface area contributed by atoms with Gasteiger partial charge in [-0.2, -0.15) is 0 Å². The highest BCUT2D eigenvalue weighted by Gasteiger charge is 2.46. The number of amides is 2. The van der Waals surface area contributed by atoms with E-state index >= 15 is 0 Å². The Bertz CT molecular complexity index is 1290. The lowest BCUT2D eigenvalue weighted by atomic mass is 10.0. The minimum Gasteiger partial charge on any atom is -0.497 e. The van der Waals surface area contributed by atoms with E-state index in [4.69, 9.17) is 26.4 Å². The molecule has 0 radical (unpaired) electrons. The highest BCUT2D eigenvalue weighted by atomic mass is 32.1. The average molecular weight is 533 g/mol. The molecule has 1 unspecified atom stereocenters. The van der Waals surface area contributed by atoms with Crippen LogP contribution < -0.4 is 25.2 Å². The summed E-state index contributed by atoms with van der Waals surface area (Å²) in [4.78, 5) is 28.1. The Balaban J connectivity index is 1.38. The molecule has 0 spiro atoms. The number of benzene rings is 3. The Hall–Kier alpha value is -4.15. The van der Waals surface area contributed by atoms with Crippen molar-refractivity contribution in [3.63, 3.8) is 0 Å². The predicted octanol–water partition coefficient (Wildman–Crippen LogP) is 4.57. The Labute approximate surface area is 226 Å². The van der Waals surface area contributed by atoms with Gasteiger partial charge in [0.05, 0.1) is 20.2 Å². The van der Waals surface area contributed by atoms with Gasteiger partial charge in [-0.15, -0.1) is 0 Å². The maximum atomic E-state index is 13.1. The summed E-state index contributed by atoms with van der Waals surface area (Å²) in [6.45, 7) is 1.60. The van der Waals surface area contributed by atoms with E-state index in [0.29, 0.717) is 31.1 Å². The second-order valence-corrected chi connectivity index (χ2v) is 9.18. The van der Waals surface area contributed by atoms with Gasteiger partial charge in [0.1, 0.15) is 12.4 Å². The molecular weight excluding hydrogens is 504 g/mol. The van der Waals surface area contributed by atoms with Gasteiger partial charge in [0, 0.05) is 29.0 Å². The van der Waals surface area contributed by atoms with Crippen LogP contribution >= 0.6 is 12.2 Å². The van der Waals surface area contributed by atoms with Crippen molar-refractivity contribution in [1.82, 2.24) is 5.32 Å². The predicted molar refractivity (Wildman–Crippen MR) is 149 cm³/mol. The summed E-state index contributed by atoms with van der Waals surface area (Å²) >= 11 is 5.54. The molecule has 2 fully saturated rings. The Morgan fingerprint density at radius 1 is 0.974 bits per heavy atom. The molecule has 0 bridgehead atoms. The van der Waals surface area contributed by atoms with Crippen molar-refractivity contribution in [3.05, 3.63) is 84.4 Å². The molecule has 3 aromatic carbocycles. The molecule has 2 aliphatic heterocycles. The first-order valence-corrected chi connectivity index (χ1v) is 12.7. The summed E-state index contributed by atoms with van der Waals surface area (Å²) in [5.41, 5.74) is 2.15. The second kappa shape index (κ2) is 11.1. The molecule has 2 saturated heterocycles. The molecule has 0 aliphatic carbocycles. The summed E-state index contributed by atoms with van der Waals surface area (Å²) in [6.07, 6.45) is -1.51. The molecule has 2 heterocycles. The third-order valence-electron chi connectivity index (χ3n) is 6.61. The fraction of sp³-hybridized carbons (Fsp3) is 0.250. The van der Waals surface area contributed by atoms with Crippen molar-refractivity contribution in [2.45, 2.75) is 18.3 Å². The SMILES string of the molecule is COc1ccc(NC(C=S)(NCc2ccccc2)[C@@H]2CN(c3ccc(N4CCOC4=O)cc3)C(=O)O2)cc1. The number of hydrogen-bond acceptors (Lipinski definition) is 8. The quantitative estimate of drug-likeness (QED) is 0.290. The van der Waals surface area contributed by atoms with Crippen LogP contribution in [0.25, 0.3) is 0 Å². The molecule has 0 saturated carbocycles. The summed E-state index contributed by atoms with van der Waals surface area (Å²) in [7, 11) is 1.61. The number of nitrogens with one attached hydrogen (secondary N) is 2. The molecule has 2 amide bonds. The number of carbonyl (C=O) groups is 2. The molecular formula is C28H28N4O5S. The topological polar surface area (TPSA) is 92.4 Å². The van der Waals surface area contributed by atoms with E-state index in [2.05, 4.69) is 10.6 Å². The zero-order valence-electron chi connectivity index (χ0n) is 20.8. The lowest BCUT2D eigenvalue weighted by Crippen LogP contribution is -2.62. The average Bonchev–Trinajstić information content (AvgIpc) is 3.57. The van der Waals surface area contributed by atoms with Gasteiger partial charge in [-0.05, 0) is 54.1 Å². The normalized spacial score (nSPS) is 18.5. The van der Waals surface area contributed by atoms with Crippen molar-refractivity contribution >= 4 is 46.8 Å². The number of cyclic esters (lactones) is 2. The molecule has 196 valence electrons. The van der Waals surface area contributed by atoms with E-state index < -0.39 is 17.9 Å². The molecule has 2 atom stereocenters. The Kier molecular flexibility index (Phi) is 7.43. The first kappa shape index (κ1) is 25.5. The number of anilines is 3. The molecule has 38 heavy (non-hydrogen) atoms. The van der Waals surface area contributed by atoms with Gasteiger partial charge in [-0.25, -0.2) is 9.59 Å². The van der Waals surface area contributed by atoms with Gasteiger partial charge in [0.2, 0.25) is 0 Å². The molecule has 3 aromatic rings. The van der Waals surface area contributed by atoms with Gasteiger partial charge < -0.3 is 19.5 Å². The smallest absolute Gasteiger partial charge is 0.414 e.